The van der Waals surface area contributed by atoms with Crippen LogP contribution in [0.2, 0.25) is 0 Å². The van der Waals surface area contributed by atoms with Crippen LogP contribution < -0.4 is 0 Å². The summed E-state index contributed by atoms with van der Waals surface area (Å²) in [5.41, 5.74) is 8.54. The molecule has 2 aromatic heterocycles. The van der Waals surface area contributed by atoms with Gasteiger partial charge in [-0.25, -0.2) is 0 Å². The van der Waals surface area contributed by atoms with Crippen LogP contribution in [0.1, 0.15) is 0 Å². The molecule has 0 aliphatic heterocycles. The zero-order valence-corrected chi connectivity index (χ0v) is 24.8. The number of fused-ring (bicyclic) bond motifs is 7. The Morgan fingerprint density at radius 3 is 1.70 bits per heavy atom. The smallest absolute Gasteiger partial charge is 0.136 e. The molecule has 214 valence electrons. The number of benzene rings is 8. The van der Waals surface area contributed by atoms with E-state index in [1.165, 1.54) is 49.0 Å². The van der Waals surface area contributed by atoms with Crippen molar-refractivity contribution in [3.63, 3.8) is 0 Å². The predicted molar refractivity (Wildman–Crippen MR) is 192 cm³/mol. The second-order valence-corrected chi connectivity index (χ2v) is 12.0. The lowest BCUT2D eigenvalue weighted by Crippen LogP contribution is -1.91. The summed E-state index contributed by atoms with van der Waals surface area (Å²) in [6.07, 6.45) is 0. The van der Waals surface area contributed by atoms with Crippen LogP contribution in [0.5, 0.6) is 0 Å². The van der Waals surface area contributed by atoms with Crippen molar-refractivity contribution in [3.05, 3.63) is 158 Å². The summed E-state index contributed by atoms with van der Waals surface area (Å²) in [5.74, 6) is 0.862. The molecule has 2 heteroatoms. The average molecular weight is 587 g/mol. The number of rotatable bonds is 3. The summed E-state index contributed by atoms with van der Waals surface area (Å²) < 4.78 is 12.9. The van der Waals surface area contributed by atoms with Gasteiger partial charge in [0.15, 0.2) is 0 Å². The molecular weight excluding hydrogens is 560 g/mol. The fraction of sp³-hybridized carbons (Fsp3) is 0. The van der Waals surface area contributed by atoms with Crippen molar-refractivity contribution in [2.45, 2.75) is 0 Å². The second kappa shape index (κ2) is 9.69. The average Bonchev–Trinajstić information content (AvgIpc) is 3.69. The Morgan fingerprint density at radius 1 is 0.304 bits per heavy atom. The first-order chi connectivity index (χ1) is 22.8. The van der Waals surface area contributed by atoms with Gasteiger partial charge in [0.25, 0.3) is 0 Å². The Balaban J connectivity index is 1.20. The van der Waals surface area contributed by atoms with Crippen LogP contribution in [0, 0.1) is 0 Å². The normalized spacial score (nSPS) is 11.9. The van der Waals surface area contributed by atoms with E-state index in [0.29, 0.717) is 0 Å². The molecule has 0 bridgehead atoms. The molecular formula is C44H26O2. The van der Waals surface area contributed by atoms with Crippen LogP contribution in [-0.2, 0) is 0 Å². The van der Waals surface area contributed by atoms with Crippen molar-refractivity contribution in [1.29, 1.82) is 0 Å². The Bertz CT molecular complexity index is 2740. The van der Waals surface area contributed by atoms with E-state index >= 15 is 0 Å². The van der Waals surface area contributed by atoms with E-state index in [2.05, 4.69) is 140 Å². The van der Waals surface area contributed by atoms with Crippen LogP contribution in [-0.4, -0.2) is 0 Å². The van der Waals surface area contributed by atoms with Gasteiger partial charge in [0.05, 0.1) is 0 Å². The van der Waals surface area contributed by atoms with Gasteiger partial charge in [-0.15, -0.1) is 0 Å². The number of furan rings is 2. The van der Waals surface area contributed by atoms with E-state index in [1.807, 2.05) is 18.2 Å². The third-order valence-corrected chi connectivity index (χ3v) is 9.45. The molecule has 0 unspecified atom stereocenters. The maximum absolute atomic E-state index is 6.56. The number of hydrogen-bond acceptors (Lipinski definition) is 2. The lowest BCUT2D eigenvalue weighted by molar-refractivity contribution is 0.631. The van der Waals surface area contributed by atoms with Crippen molar-refractivity contribution < 1.29 is 8.83 Å². The minimum atomic E-state index is 0.860. The van der Waals surface area contributed by atoms with Crippen molar-refractivity contribution in [1.82, 2.24) is 0 Å². The van der Waals surface area contributed by atoms with Crippen molar-refractivity contribution in [3.8, 4) is 33.6 Å². The van der Waals surface area contributed by atoms with Gasteiger partial charge in [-0.2, -0.15) is 0 Å². The van der Waals surface area contributed by atoms with Crippen molar-refractivity contribution in [2.24, 2.45) is 0 Å². The van der Waals surface area contributed by atoms with E-state index in [9.17, 15) is 0 Å². The Hall–Kier alpha value is -6.12. The van der Waals surface area contributed by atoms with Crippen LogP contribution in [0.3, 0.4) is 0 Å². The highest BCUT2D eigenvalue weighted by molar-refractivity contribution is 6.24. The molecule has 46 heavy (non-hydrogen) atoms. The molecule has 0 aliphatic carbocycles. The lowest BCUT2D eigenvalue weighted by Gasteiger charge is -2.18. The highest BCUT2D eigenvalue weighted by atomic mass is 16.3. The fourth-order valence-electron chi connectivity index (χ4n) is 7.38. The monoisotopic (exact) mass is 586 g/mol. The zero-order valence-electron chi connectivity index (χ0n) is 24.8. The van der Waals surface area contributed by atoms with E-state index < -0.39 is 0 Å². The standard InChI is InChI=1S/C44H26O2/c1-2-12-28(13-3-1)39-24-30-25-42-38(26-40(30)45-39)32-22-21-29(23-41(32)46-42)43-34-16-6-8-18-36(34)44(37-19-9-7-17-35(37)43)33-20-10-14-27-11-4-5-15-31(27)33/h1-26H. The van der Waals surface area contributed by atoms with Gasteiger partial charge in [0.1, 0.15) is 22.5 Å². The molecule has 2 heterocycles. The maximum atomic E-state index is 6.56. The summed E-state index contributed by atoms with van der Waals surface area (Å²) in [6, 6.07) is 56.1. The molecule has 0 fully saturated rings. The van der Waals surface area contributed by atoms with Crippen LogP contribution in [0.25, 0.3) is 98.8 Å². The van der Waals surface area contributed by atoms with Gasteiger partial charge in [-0.05, 0) is 84.9 Å². The quantitative estimate of drug-likeness (QED) is 0.193. The zero-order chi connectivity index (χ0) is 30.2. The maximum Gasteiger partial charge on any atom is 0.136 e. The molecule has 0 spiro atoms. The lowest BCUT2D eigenvalue weighted by atomic mass is 9.84. The molecule has 10 aromatic rings. The van der Waals surface area contributed by atoms with E-state index in [0.717, 1.165) is 49.8 Å². The van der Waals surface area contributed by atoms with Gasteiger partial charge in [-0.1, -0.05) is 127 Å². The Morgan fingerprint density at radius 2 is 0.935 bits per heavy atom. The van der Waals surface area contributed by atoms with E-state index in [-0.39, 0.29) is 0 Å². The van der Waals surface area contributed by atoms with Crippen LogP contribution in [0.4, 0.5) is 0 Å². The summed E-state index contributed by atoms with van der Waals surface area (Å²) >= 11 is 0. The Labute approximate surface area is 264 Å². The van der Waals surface area contributed by atoms with Crippen molar-refractivity contribution in [2.75, 3.05) is 0 Å². The topological polar surface area (TPSA) is 26.3 Å². The molecule has 0 radical (unpaired) electrons. The van der Waals surface area contributed by atoms with Crippen LogP contribution in [0.15, 0.2) is 167 Å². The SMILES string of the molecule is c1ccc(-c2cc3cc4oc5cc(-c6c7ccccc7c(-c7cccc8ccccc78)c7ccccc67)ccc5c4cc3o2)cc1. The van der Waals surface area contributed by atoms with Crippen molar-refractivity contribution >= 4 is 65.2 Å². The minimum Gasteiger partial charge on any atom is -0.456 e. The molecule has 0 atom stereocenters. The third-order valence-electron chi connectivity index (χ3n) is 9.45. The van der Waals surface area contributed by atoms with Gasteiger partial charge in [-0.3, -0.25) is 0 Å². The highest BCUT2D eigenvalue weighted by Crippen LogP contribution is 2.46. The first-order valence-electron chi connectivity index (χ1n) is 15.7. The third kappa shape index (κ3) is 3.71. The van der Waals surface area contributed by atoms with E-state index in [4.69, 9.17) is 8.83 Å². The first-order valence-corrected chi connectivity index (χ1v) is 15.7. The molecule has 0 N–H and O–H groups in total. The van der Waals surface area contributed by atoms with E-state index in [1.54, 1.807) is 0 Å². The summed E-state index contributed by atoms with van der Waals surface area (Å²) in [7, 11) is 0. The van der Waals surface area contributed by atoms with Gasteiger partial charge < -0.3 is 8.83 Å². The molecule has 0 aliphatic rings. The molecule has 10 rings (SSSR count). The highest BCUT2D eigenvalue weighted by Gasteiger charge is 2.19. The summed E-state index contributed by atoms with van der Waals surface area (Å²) in [6.45, 7) is 0. The fourth-order valence-corrected chi connectivity index (χ4v) is 7.38. The van der Waals surface area contributed by atoms with Crippen LogP contribution >= 0.6 is 0 Å². The largest absolute Gasteiger partial charge is 0.456 e. The molecule has 0 amide bonds. The van der Waals surface area contributed by atoms with Gasteiger partial charge in [0, 0.05) is 21.7 Å². The minimum absolute atomic E-state index is 0.860. The summed E-state index contributed by atoms with van der Waals surface area (Å²) in [5, 5.41) is 10.6. The molecule has 2 nitrogen and oxygen atoms in total. The first kappa shape index (κ1) is 25.2. The Kier molecular flexibility index (Phi) is 5.31. The van der Waals surface area contributed by atoms with Gasteiger partial charge in [0.2, 0.25) is 0 Å². The molecule has 8 aromatic carbocycles. The number of hydrogen-bond donors (Lipinski definition) is 0. The van der Waals surface area contributed by atoms with Gasteiger partial charge >= 0.3 is 0 Å². The molecule has 0 saturated carbocycles. The summed E-state index contributed by atoms with van der Waals surface area (Å²) in [4.78, 5) is 0. The predicted octanol–water partition coefficient (Wildman–Crippen LogP) is 12.8. The molecule has 0 saturated heterocycles. The second-order valence-electron chi connectivity index (χ2n) is 12.0.